The third kappa shape index (κ3) is 4.18. The van der Waals surface area contributed by atoms with Gasteiger partial charge in [-0.3, -0.25) is 9.69 Å². The number of rotatable bonds is 5. The van der Waals surface area contributed by atoms with Crippen LogP contribution in [0.1, 0.15) is 24.0 Å². The van der Waals surface area contributed by atoms with Crippen molar-refractivity contribution in [1.29, 1.82) is 0 Å². The first-order valence-electron chi connectivity index (χ1n) is 10.3. The van der Waals surface area contributed by atoms with Gasteiger partial charge in [0.15, 0.2) is 0 Å². The van der Waals surface area contributed by atoms with Gasteiger partial charge in [0, 0.05) is 35.8 Å². The number of hydrogen-bond donors (Lipinski definition) is 0. The zero-order valence-corrected chi connectivity index (χ0v) is 18.4. The fourth-order valence-corrected chi connectivity index (χ4v) is 5.41. The zero-order valence-electron chi connectivity index (χ0n) is 16.8. The predicted octanol–water partition coefficient (Wildman–Crippen LogP) is 5.21. The number of thioether (sulfide) groups is 1. The van der Waals surface area contributed by atoms with Crippen molar-refractivity contribution in [1.82, 2.24) is 9.47 Å². The smallest absolute Gasteiger partial charge is 0.266 e. The molecule has 1 amide bonds. The molecule has 0 spiro atoms. The molecule has 2 saturated heterocycles. The van der Waals surface area contributed by atoms with Gasteiger partial charge < -0.3 is 9.30 Å². The second-order valence-corrected chi connectivity index (χ2v) is 9.46. The predicted molar refractivity (Wildman–Crippen MR) is 126 cm³/mol. The standard InChI is InChI=1S/C24H21FN2O2S2/c25-18-6-3-5-16(11-18)13-26-14-17(20-8-1-2-9-21(20)26)12-22-23(28)27(24(30)31-22)15-19-7-4-10-29-19/h1-3,5-6,8-9,11-12,14,19H,4,7,10,13,15H2/b22-12-/t19-/m0/s1. The van der Waals surface area contributed by atoms with Gasteiger partial charge >= 0.3 is 0 Å². The molecule has 2 aromatic carbocycles. The van der Waals surface area contributed by atoms with Gasteiger partial charge in [0.05, 0.1) is 17.6 Å². The van der Waals surface area contributed by atoms with Crippen LogP contribution in [0.5, 0.6) is 0 Å². The summed E-state index contributed by atoms with van der Waals surface area (Å²) in [4.78, 5) is 15.3. The van der Waals surface area contributed by atoms with E-state index in [-0.39, 0.29) is 17.8 Å². The molecule has 0 aliphatic carbocycles. The lowest BCUT2D eigenvalue weighted by Crippen LogP contribution is -2.35. The summed E-state index contributed by atoms with van der Waals surface area (Å²) in [6.07, 6.45) is 5.99. The Kier molecular flexibility index (Phi) is 5.65. The highest BCUT2D eigenvalue weighted by molar-refractivity contribution is 8.26. The average Bonchev–Trinajstić information content (AvgIpc) is 3.45. The van der Waals surface area contributed by atoms with E-state index in [0.717, 1.165) is 41.5 Å². The van der Waals surface area contributed by atoms with Crippen molar-refractivity contribution in [2.75, 3.05) is 13.2 Å². The summed E-state index contributed by atoms with van der Waals surface area (Å²) in [5.74, 6) is -0.309. The SMILES string of the molecule is O=C1/C(=C/c2cn(Cc3cccc(F)c3)c3ccccc23)SC(=S)N1C[C@@H]1CCCO1. The normalized spacial score (nSPS) is 20.5. The third-order valence-electron chi connectivity index (χ3n) is 5.63. The van der Waals surface area contributed by atoms with Crippen LogP contribution in [0.3, 0.4) is 0 Å². The Morgan fingerprint density at radius 1 is 1.23 bits per heavy atom. The summed E-state index contributed by atoms with van der Waals surface area (Å²) in [6.45, 7) is 1.82. The van der Waals surface area contributed by atoms with Crippen LogP contribution in [-0.4, -0.2) is 39.0 Å². The number of para-hydroxylation sites is 1. The van der Waals surface area contributed by atoms with Crippen LogP contribution < -0.4 is 0 Å². The maximum absolute atomic E-state index is 13.6. The first-order valence-corrected chi connectivity index (χ1v) is 11.5. The molecule has 0 saturated carbocycles. The fraction of sp³-hybridized carbons (Fsp3) is 0.250. The van der Waals surface area contributed by atoms with E-state index in [9.17, 15) is 9.18 Å². The van der Waals surface area contributed by atoms with Gasteiger partial charge in [-0.2, -0.15) is 0 Å². The van der Waals surface area contributed by atoms with E-state index in [2.05, 4.69) is 4.57 Å². The molecule has 5 rings (SSSR count). The fourth-order valence-electron chi connectivity index (χ4n) is 4.14. The maximum atomic E-state index is 13.6. The average molecular weight is 453 g/mol. The van der Waals surface area contributed by atoms with Gasteiger partial charge in [0.2, 0.25) is 0 Å². The van der Waals surface area contributed by atoms with Crippen molar-refractivity contribution < 1.29 is 13.9 Å². The number of carbonyl (C=O) groups is 1. The quantitative estimate of drug-likeness (QED) is 0.393. The maximum Gasteiger partial charge on any atom is 0.266 e. The highest BCUT2D eigenvalue weighted by Gasteiger charge is 2.34. The van der Waals surface area contributed by atoms with Crippen LogP contribution in [-0.2, 0) is 16.1 Å². The molecule has 0 radical (unpaired) electrons. The minimum Gasteiger partial charge on any atom is -0.376 e. The monoisotopic (exact) mass is 452 g/mol. The largest absolute Gasteiger partial charge is 0.376 e. The molecule has 1 aromatic heterocycles. The van der Waals surface area contributed by atoms with E-state index in [0.29, 0.717) is 22.3 Å². The molecule has 0 unspecified atom stereocenters. The molecule has 2 fully saturated rings. The van der Waals surface area contributed by atoms with E-state index in [1.54, 1.807) is 17.0 Å². The summed E-state index contributed by atoms with van der Waals surface area (Å²) in [5.41, 5.74) is 2.87. The number of carbonyl (C=O) groups excluding carboxylic acids is 1. The minimum atomic E-state index is -0.246. The highest BCUT2D eigenvalue weighted by Crippen LogP contribution is 2.35. The van der Waals surface area contributed by atoms with E-state index in [1.165, 1.54) is 17.8 Å². The first kappa shape index (κ1) is 20.4. The lowest BCUT2D eigenvalue weighted by atomic mass is 10.1. The number of amides is 1. The van der Waals surface area contributed by atoms with Gasteiger partial charge in [-0.05, 0) is 42.7 Å². The number of thiocarbonyl (C=S) groups is 1. The second-order valence-electron chi connectivity index (χ2n) is 7.79. The molecule has 0 bridgehead atoms. The van der Waals surface area contributed by atoms with Crippen LogP contribution in [0.15, 0.2) is 59.6 Å². The number of benzene rings is 2. The molecular weight excluding hydrogens is 431 g/mol. The number of fused-ring (bicyclic) bond motifs is 1. The third-order valence-corrected chi connectivity index (χ3v) is 7.01. The van der Waals surface area contributed by atoms with Crippen LogP contribution in [0, 0.1) is 5.82 Å². The number of aromatic nitrogens is 1. The van der Waals surface area contributed by atoms with Crippen LogP contribution in [0.4, 0.5) is 4.39 Å². The van der Waals surface area contributed by atoms with E-state index in [4.69, 9.17) is 17.0 Å². The van der Waals surface area contributed by atoms with Gasteiger partial charge in [-0.25, -0.2) is 4.39 Å². The Morgan fingerprint density at radius 2 is 2.10 bits per heavy atom. The minimum absolute atomic E-state index is 0.0625. The van der Waals surface area contributed by atoms with E-state index in [1.807, 2.05) is 42.6 Å². The van der Waals surface area contributed by atoms with E-state index >= 15 is 0 Å². The van der Waals surface area contributed by atoms with Crippen LogP contribution >= 0.6 is 24.0 Å². The molecule has 3 aromatic rings. The Balaban J connectivity index is 1.45. The summed E-state index contributed by atoms with van der Waals surface area (Å²) in [7, 11) is 0. The van der Waals surface area contributed by atoms with Gasteiger partial charge in [0.1, 0.15) is 10.1 Å². The first-order chi connectivity index (χ1) is 15.1. The molecule has 31 heavy (non-hydrogen) atoms. The Labute approximate surface area is 189 Å². The number of hydrogen-bond acceptors (Lipinski definition) is 4. The molecule has 0 N–H and O–H groups in total. The summed E-state index contributed by atoms with van der Waals surface area (Å²) in [6, 6.07) is 14.7. The van der Waals surface area contributed by atoms with Crippen molar-refractivity contribution in [3.63, 3.8) is 0 Å². The van der Waals surface area contributed by atoms with Gasteiger partial charge in [-0.1, -0.05) is 54.3 Å². The summed E-state index contributed by atoms with van der Waals surface area (Å²) >= 11 is 6.81. The lowest BCUT2D eigenvalue weighted by Gasteiger charge is -2.18. The molecule has 4 nitrogen and oxygen atoms in total. The molecular formula is C24H21FN2O2S2. The Bertz CT molecular complexity index is 1200. The number of ether oxygens (including phenoxy) is 1. The molecule has 2 aliphatic rings. The van der Waals surface area contributed by atoms with Gasteiger partial charge in [0.25, 0.3) is 5.91 Å². The number of halogens is 1. The summed E-state index contributed by atoms with van der Waals surface area (Å²) in [5, 5.41) is 1.04. The van der Waals surface area contributed by atoms with E-state index < -0.39 is 0 Å². The van der Waals surface area contributed by atoms with Crippen LogP contribution in [0.2, 0.25) is 0 Å². The van der Waals surface area contributed by atoms with Crippen molar-refractivity contribution in [3.8, 4) is 0 Å². The second kappa shape index (κ2) is 8.57. The van der Waals surface area contributed by atoms with Gasteiger partial charge in [-0.15, -0.1) is 0 Å². The highest BCUT2D eigenvalue weighted by atomic mass is 32.2. The van der Waals surface area contributed by atoms with Crippen molar-refractivity contribution >= 4 is 51.2 Å². The molecule has 7 heteroatoms. The topological polar surface area (TPSA) is 34.5 Å². The van der Waals surface area contributed by atoms with Crippen molar-refractivity contribution in [3.05, 3.63) is 76.6 Å². The lowest BCUT2D eigenvalue weighted by molar-refractivity contribution is -0.123. The molecule has 1 atom stereocenters. The Morgan fingerprint density at radius 3 is 2.90 bits per heavy atom. The van der Waals surface area contributed by atoms with Crippen molar-refractivity contribution in [2.24, 2.45) is 0 Å². The molecule has 3 heterocycles. The van der Waals surface area contributed by atoms with Crippen molar-refractivity contribution in [2.45, 2.75) is 25.5 Å². The van der Waals surface area contributed by atoms with Crippen LogP contribution in [0.25, 0.3) is 17.0 Å². The molecule has 158 valence electrons. The Hall–Kier alpha value is -2.48. The number of nitrogens with zero attached hydrogens (tertiary/aromatic N) is 2. The zero-order chi connectivity index (χ0) is 21.4. The molecule has 2 aliphatic heterocycles. The summed E-state index contributed by atoms with van der Waals surface area (Å²) < 4.78 is 22.0.